The van der Waals surface area contributed by atoms with E-state index in [-0.39, 0.29) is 12.8 Å². The molecule has 0 radical (unpaired) electrons. The van der Waals surface area contributed by atoms with Gasteiger partial charge in [0.25, 0.3) is 5.92 Å². The van der Waals surface area contributed by atoms with Gasteiger partial charge in [0.05, 0.1) is 17.4 Å². The molecule has 1 aromatic heterocycles. The third-order valence-corrected chi connectivity index (χ3v) is 2.22. The highest BCUT2D eigenvalue weighted by Crippen LogP contribution is 2.48. The Balaban J connectivity index is 2.21. The molecule has 1 aromatic rings. The molecule has 2 rings (SSSR count). The van der Waals surface area contributed by atoms with Crippen LogP contribution in [0.25, 0.3) is 0 Å². The molecule has 1 aliphatic carbocycles. The first kappa shape index (κ1) is 8.50. The maximum atomic E-state index is 12.6. The molecule has 70 valence electrons. The molecule has 0 atom stereocenters. The number of aromatic nitrogens is 2. The predicted molar refractivity (Wildman–Crippen MR) is 42.1 cm³/mol. The molecule has 1 aliphatic rings. The molecule has 0 aliphatic heterocycles. The Morgan fingerprint density at radius 2 is 2.00 bits per heavy atom. The van der Waals surface area contributed by atoms with Gasteiger partial charge in [-0.15, -0.1) is 0 Å². The maximum Gasteiger partial charge on any atom is 0.252 e. The maximum absolute atomic E-state index is 12.6. The molecule has 3 nitrogen and oxygen atoms in total. The number of nitrogens with two attached hydrogens (primary N) is 1. The lowest BCUT2D eigenvalue weighted by atomic mass is 9.72. The number of nitrogens with zero attached hydrogens (tertiary/aromatic N) is 2. The summed E-state index contributed by atoms with van der Waals surface area (Å²) >= 11 is 0. The van der Waals surface area contributed by atoms with Crippen LogP contribution in [0.3, 0.4) is 0 Å². The zero-order valence-corrected chi connectivity index (χ0v) is 6.87. The number of halogens is 2. The zero-order valence-electron chi connectivity index (χ0n) is 6.87. The smallest absolute Gasteiger partial charge is 0.252 e. The molecular weight excluding hydrogens is 176 g/mol. The number of alkyl halides is 2. The second-order valence-corrected chi connectivity index (χ2v) is 3.46. The molecule has 0 bridgehead atoms. The zero-order chi connectivity index (χ0) is 9.53. The lowest BCUT2D eigenvalue weighted by Crippen LogP contribution is -2.55. The first-order valence-electron chi connectivity index (χ1n) is 3.95. The van der Waals surface area contributed by atoms with Crippen molar-refractivity contribution in [2.75, 3.05) is 0 Å². The number of rotatable bonds is 1. The SMILES string of the molecule is NC1(c2cnccn2)CC(F)(F)C1. The summed E-state index contributed by atoms with van der Waals surface area (Å²) in [6, 6.07) is 0. The second-order valence-electron chi connectivity index (χ2n) is 3.46. The Morgan fingerprint density at radius 1 is 1.31 bits per heavy atom. The van der Waals surface area contributed by atoms with Crippen molar-refractivity contribution in [1.82, 2.24) is 9.97 Å². The van der Waals surface area contributed by atoms with Gasteiger partial charge in [0.2, 0.25) is 0 Å². The van der Waals surface area contributed by atoms with Crippen molar-refractivity contribution in [3.8, 4) is 0 Å². The molecule has 0 saturated heterocycles. The summed E-state index contributed by atoms with van der Waals surface area (Å²) < 4.78 is 25.2. The standard InChI is InChI=1S/C8H9F2N3/c9-8(10)4-7(11,5-8)6-3-12-1-2-13-6/h1-3H,4-5,11H2. The fourth-order valence-corrected chi connectivity index (χ4v) is 1.61. The summed E-state index contributed by atoms with van der Waals surface area (Å²) in [5.74, 6) is -2.63. The van der Waals surface area contributed by atoms with Crippen LogP contribution in [0, 0.1) is 0 Å². The van der Waals surface area contributed by atoms with Gasteiger partial charge in [-0.25, -0.2) is 8.78 Å². The summed E-state index contributed by atoms with van der Waals surface area (Å²) in [5.41, 5.74) is 5.19. The molecule has 5 heteroatoms. The molecule has 0 amide bonds. The van der Waals surface area contributed by atoms with E-state index in [4.69, 9.17) is 5.73 Å². The van der Waals surface area contributed by atoms with E-state index in [0.29, 0.717) is 5.69 Å². The van der Waals surface area contributed by atoms with E-state index in [1.165, 1.54) is 18.6 Å². The quantitative estimate of drug-likeness (QED) is 0.711. The largest absolute Gasteiger partial charge is 0.320 e. The van der Waals surface area contributed by atoms with Crippen LogP contribution in [0.2, 0.25) is 0 Å². The first-order chi connectivity index (χ1) is 6.02. The molecule has 1 heterocycles. The Bertz CT molecular complexity index is 304. The van der Waals surface area contributed by atoms with Crippen molar-refractivity contribution in [2.24, 2.45) is 5.73 Å². The second kappa shape index (κ2) is 2.45. The summed E-state index contributed by atoms with van der Waals surface area (Å²) in [6.07, 6.45) is 3.72. The summed E-state index contributed by atoms with van der Waals surface area (Å²) in [5, 5.41) is 0. The Labute approximate surface area is 74.0 Å². The van der Waals surface area contributed by atoms with Crippen molar-refractivity contribution in [3.05, 3.63) is 24.3 Å². The third kappa shape index (κ3) is 1.39. The van der Waals surface area contributed by atoms with Crippen LogP contribution in [0.1, 0.15) is 18.5 Å². The van der Waals surface area contributed by atoms with Crippen molar-refractivity contribution >= 4 is 0 Å². The van der Waals surface area contributed by atoms with E-state index < -0.39 is 11.5 Å². The monoisotopic (exact) mass is 185 g/mol. The van der Waals surface area contributed by atoms with Crippen molar-refractivity contribution in [3.63, 3.8) is 0 Å². The molecule has 0 spiro atoms. The molecule has 2 N–H and O–H groups in total. The van der Waals surface area contributed by atoms with Crippen LogP contribution in [-0.4, -0.2) is 15.9 Å². The van der Waals surface area contributed by atoms with Gasteiger partial charge in [0, 0.05) is 25.2 Å². The molecule has 1 saturated carbocycles. The van der Waals surface area contributed by atoms with Crippen LogP contribution in [0.4, 0.5) is 8.78 Å². The van der Waals surface area contributed by atoms with Gasteiger partial charge in [-0.05, 0) is 0 Å². The highest BCUT2D eigenvalue weighted by Gasteiger charge is 2.56. The van der Waals surface area contributed by atoms with Crippen LogP contribution in [0.5, 0.6) is 0 Å². The third-order valence-electron chi connectivity index (χ3n) is 2.22. The van der Waals surface area contributed by atoms with Crippen LogP contribution >= 0.6 is 0 Å². The van der Waals surface area contributed by atoms with Crippen molar-refractivity contribution in [2.45, 2.75) is 24.3 Å². The highest BCUT2D eigenvalue weighted by atomic mass is 19.3. The summed E-state index contributed by atoms with van der Waals surface area (Å²) in [4.78, 5) is 7.71. The summed E-state index contributed by atoms with van der Waals surface area (Å²) in [7, 11) is 0. The van der Waals surface area contributed by atoms with Crippen LogP contribution < -0.4 is 5.73 Å². The van der Waals surface area contributed by atoms with Gasteiger partial charge in [-0.1, -0.05) is 0 Å². The highest BCUT2D eigenvalue weighted by molar-refractivity contribution is 5.18. The van der Waals surface area contributed by atoms with Gasteiger partial charge in [-0.3, -0.25) is 9.97 Å². The Hall–Kier alpha value is -1.10. The molecule has 1 fully saturated rings. The number of hydrogen-bond donors (Lipinski definition) is 1. The van der Waals surface area contributed by atoms with Crippen molar-refractivity contribution in [1.29, 1.82) is 0 Å². The molecule has 0 unspecified atom stereocenters. The van der Waals surface area contributed by atoms with E-state index in [1.807, 2.05) is 0 Å². The summed E-state index contributed by atoms with van der Waals surface area (Å²) in [6.45, 7) is 0. The van der Waals surface area contributed by atoms with E-state index in [0.717, 1.165) is 0 Å². The van der Waals surface area contributed by atoms with Crippen LogP contribution in [-0.2, 0) is 5.54 Å². The van der Waals surface area contributed by atoms with Gasteiger partial charge < -0.3 is 5.73 Å². The number of hydrogen-bond acceptors (Lipinski definition) is 3. The van der Waals surface area contributed by atoms with Gasteiger partial charge >= 0.3 is 0 Å². The van der Waals surface area contributed by atoms with Gasteiger partial charge in [0.15, 0.2) is 0 Å². The van der Waals surface area contributed by atoms with E-state index in [9.17, 15) is 8.78 Å². The van der Waals surface area contributed by atoms with Crippen molar-refractivity contribution < 1.29 is 8.78 Å². The average molecular weight is 185 g/mol. The van der Waals surface area contributed by atoms with Crippen LogP contribution in [0.15, 0.2) is 18.6 Å². The van der Waals surface area contributed by atoms with E-state index in [1.54, 1.807) is 0 Å². The molecule has 0 aromatic carbocycles. The minimum Gasteiger partial charge on any atom is -0.320 e. The van der Waals surface area contributed by atoms with E-state index in [2.05, 4.69) is 9.97 Å². The molecule has 13 heavy (non-hydrogen) atoms. The average Bonchev–Trinajstić information content (AvgIpc) is 2.02. The fraction of sp³-hybridized carbons (Fsp3) is 0.500. The Kier molecular flexibility index (Phi) is 1.60. The predicted octanol–water partition coefficient (Wildman–Crippen LogP) is 1.06. The van der Waals surface area contributed by atoms with Gasteiger partial charge in [-0.2, -0.15) is 0 Å². The van der Waals surface area contributed by atoms with E-state index >= 15 is 0 Å². The minimum absolute atomic E-state index is 0.335. The first-order valence-corrected chi connectivity index (χ1v) is 3.95. The lowest BCUT2D eigenvalue weighted by molar-refractivity contribution is -0.126. The van der Waals surface area contributed by atoms with Gasteiger partial charge in [0.1, 0.15) is 0 Å². The molecular formula is C8H9F2N3. The Morgan fingerprint density at radius 3 is 2.46 bits per heavy atom. The normalized spacial score (nSPS) is 23.6. The lowest BCUT2D eigenvalue weighted by Gasteiger charge is -2.43. The fourth-order valence-electron chi connectivity index (χ4n) is 1.61. The topological polar surface area (TPSA) is 51.8 Å². The minimum atomic E-state index is -2.63.